The van der Waals surface area contributed by atoms with Crippen LogP contribution in [0.1, 0.15) is 48.0 Å². The maximum Gasteiger partial charge on any atom is 0.490 e. The SMILES string of the molecule is Cc1ccc(S(=O)(=O)Nc2cc(C(=O)O)ccc2N2CCC(N3CCCCC3)CC2)cc1.O=C(O)C(F)(F)F. The third-order valence-corrected chi connectivity index (χ3v) is 8.16. The number of aryl methyl sites for hydroxylation is 1. The Kier molecular flexibility index (Phi) is 9.83. The van der Waals surface area contributed by atoms with E-state index in [0.29, 0.717) is 11.7 Å². The summed E-state index contributed by atoms with van der Waals surface area (Å²) in [5.41, 5.74) is 2.05. The Bertz CT molecular complexity index is 1250. The number of benzene rings is 2. The van der Waals surface area contributed by atoms with Gasteiger partial charge in [-0.1, -0.05) is 24.1 Å². The van der Waals surface area contributed by atoms with Crippen LogP contribution < -0.4 is 9.62 Å². The smallest absolute Gasteiger partial charge is 0.478 e. The van der Waals surface area contributed by atoms with Gasteiger partial charge in [0.25, 0.3) is 10.0 Å². The molecule has 0 atom stereocenters. The fourth-order valence-corrected chi connectivity index (χ4v) is 5.77. The average molecular weight is 572 g/mol. The largest absolute Gasteiger partial charge is 0.490 e. The number of nitrogens with one attached hydrogen (secondary N) is 1. The number of aliphatic carboxylic acids is 1. The normalized spacial score (nSPS) is 17.2. The van der Waals surface area contributed by atoms with Crippen molar-refractivity contribution in [2.45, 2.75) is 56.1 Å². The Morgan fingerprint density at radius 2 is 1.49 bits per heavy atom. The number of nitrogens with zero attached hydrogens (tertiary/aromatic N) is 2. The fraction of sp³-hybridized carbons (Fsp3) is 0.462. The van der Waals surface area contributed by atoms with Crippen molar-refractivity contribution in [2.75, 3.05) is 35.8 Å². The summed E-state index contributed by atoms with van der Waals surface area (Å²) in [6.07, 6.45) is 0.801. The molecular weight excluding hydrogens is 539 g/mol. The number of anilines is 2. The van der Waals surface area contributed by atoms with Crippen molar-refractivity contribution in [3.63, 3.8) is 0 Å². The zero-order valence-corrected chi connectivity index (χ0v) is 22.3. The lowest BCUT2D eigenvalue weighted by molar-refractivity contribution is -0.192. The molecule has 214 valence electrons. The number of hydrogen-bond donors (Lipinski definition) is 3. The number of alkyl halides is 3. The van der Waals surface area contributed by atoms with Gasteiger partial charge in [0.05, 0.1) is 21.8 Å². The molecule has 2 aliphatic heterocycles. The monoisotopic (exact) mass is 571 g/mol. The molecule has 2 aromatic rings. The van der Waals surface area contributed by atoms with Crippen molar-refractivity contribution >= 4 is 33.3 Å². The van der Waals surface area contributed by atoms with Gasteiger partial charge >= 0.3 is 18.1 Å². The van der Waals surface area contributed by atoms with Crippen molar-refractivity contribution in [2.24, 2.45) is 0 Å². The quantitative estimate of drug-likeness (QED) is 0.460. The van der Waals surface area contributed by atoms with Crippen LogP contribution in [0.25, 0.3) is 0 Å². The van der Waals surface area contributed by atoms with Gasteiger partial charge in [0, 0.05) is 19.1 Å². The highest BCUT2D eigenvalue weighted by Gasteiger charge is 2.38. The first-order valence-electron chi connectivity index (χ1n) is 12.5. The number of hydrogen-bond acceptors (Lipinski definition) is 6. The van der Waals surface area contributed by atoms with E-state index in [1.807, 2.05) is 6.92 Å². The van der Waals surface area contributed by atoms with E-state index in [-0.39, 0.29) is 10.5 Å². The van der Waals surface area contributed by atoms with Crippen molar-refractivity contribution in [1.82, 2.24) is 4.90 Å². The van der Waals surface area contributed by atoms with Crippen molar-refractivity contribution in [3.05, 3.63) is 53.6 Å². The van der Waals surface area contributed by atoms with Gasteiger partial charge in [-0.25, -0.2) is 18.0 Å². The highest BCUT2D eigenvalue weighted by molar-refractivity contribution is 7.92. The molecule has 4 rings (SSSR count). The summed E-state index contributed by atoms with van der Waals surface area (Å²) in [6.45, 7) is 5.85. The number of carboxylic acids is 2. The van der Waals surface area contributed by atoms with E-state index >= 15 is 0 Å². The van der Waals surface area contributed by atoms with E-state index < -0.39 is 28.1 Å². The number of halogens is 3. The molecule has 2 heterocycles. The summed E-state index contributed by atoms with van der Waals surface area (Å²) in [7, 11) is -3.84. The highest BCUT2D eigenvalue weighted by Crippen LogP contribution is 2.33. The predicted molar refractivity (Wildman–Crippen MR) is 140 cm³/mol. The molecule has 0 amide bonds. The Labute approximate surface area is 225 Å². The second-order valence-corrected chi connectivity index (χ2v) is 11.3. The molecule has 3 N–H and O–H groups in total. The van der Waals surface area contributed by atoms with E-state index in [1.54, 1.807) is 30.3 Å². The first kappa shape index (κ1) is 30.2. The Hall–Kier alpha value is -3.32. The minimum atomic E-state index is -5.08. The van der Waals surface area contributed by atoms with Gasteiger partial charge in [0.1, 0.15) is 0 Å². The summed E-state index contributed by atoms with van der Waals surface area (Å²) in [4.78, 5) is 25.3. The Balaban J connectivity index is 0.000000532. The average Bonchev–Trinajstić information content (AvgIpc) is 2.89. The third kappa shape index (κ3) is 8.33. The number of carbonyl (C=O) groups is 2. The number of aromatic carboxylic acids is 1. The molecule has 0 bridgehead atoms. The van der Waals surface area contributed by atoms with Gasteiger partial charge in [-0.15, -0.1) is 0 Å². The lowest BCUT2D eigenvalue weighted by Crippen LogP contribution is -2.46. The van der Waals surface area contributed by atoms with Crippen LogP contribution in [0.4, 0.5) is 24.5 Å². The second-order valence-electron chi connectivity index (χ2n) is 9.57. The topological polar surface area (TPSA) is 127 Å². The molecule has 2 aliphatic rings. The zero-order valence-electron chi connectivity index (χ0n) is 21.4. The van der Waals surface area contributed by atoms with Crippen LogP contribution in [0.15, 0.2) is 47.4 Å². The molecule has 9 nitrogen and oxygen atoms in total. The van der Waals surface area contributed by atoms with Crippen LogP contribution in [0.2, 0.25) is 0 Å². The van der Waals surface area contributed by atoms with Gasteiger partial charge in [-0.05, 0) is 76.0 Å². The molecule has 13 heteroatoms. The van der Waals surface area contributed by atoms with Gasteiger partial charge < -0.3 is 20.0 Å². The van der Waals surface area contributed by atoms with Crippen LogP contribution in [-0.4, -0.2) is 73.9 Å². The van der Waals surface area contributed by atoms with E-state index in [0.717, 1.165) is 37.2 Å². The summed E-state index contributed by atoms with van der Waals surface area (Å²) in [5, 5.41) is 16.6. The third-order valence-electron chi connectivity index (χ3n) is 6.77. The van der Waals surface area contributed by atoms with Crippen LogP contribution in [0.5, 0.6) is 0 Å². The molecular formula is C26H32F3N3O6S. The number of rotatable bonds is 6. The van der Waals surface area contributed by atoms with Gasteiger partial charge in [0.2, 0.25) is 0 Å². The minimum absolute atomic E-state index is 0.0542. The maximum atomic E-state index is 13.0. The van der Waals surface area contributed by atoms with Crippen molar-refractivity contribution in [3.8, 4) is 0 Å². The van der Waals surface area contributed by atoms with Gasteiger partial charge in [-0.2, -0.15) is 13.2 Å². The summed E-state index contributed by atoms with van der Waals surface area (Å²) >= 11 is 0. The van der Waals surface area contributed by atoms with E-state index in [1.165, 1.54) is 44.5 Å². The number of sulfonamides is 1. The van der Waals surface area contributed by atoms with E-state index in [9.17, 15) is 31.5 Å². The van der Waals surface area contributed by atoms with Crippen LogP contribution >= 0.6 is 0 Å². The highest BCUT2D eigenvalue weighted by atomic mass is 32.2. The molecule has 0 saturated carbocycles. The standard InChI is InChI=1S/C24H31N3O4S.C2HF3O2/c1-18-5-8-21(9-6-18)32(30,31)25-22-17-19(24(28)29)7-10-23(22)27-15-11-20(12-16-27)26-13-3-2-4-14-26;3-2(4,5)1(6)7/h5-10,17,20,25H,2-4,11-16H2,1H3,(H,28,29);(H,6,7). The molecule has 0 radical (unpaired) electrons. The molecule has 0 aliphatic carbocycles. The summed E-state index contributed by atoms with van der Waals surface area (Å²) < 4.78 is 60.4. The fourth-order valence-electron chi connectivity index (χ4n) is 4.70. The predicted octanol–water partition coefficient (Wildman–Crippen LogP) is 4.58. The van der Waals surface area contributed by atoms with Gasteiger partial charge in [0.15, 0.2) is 0 Å². The zero-order chi connectivity index (χ0) is 28.8. The summed E-state index contributed by atoms with van der Waals surface area (Å²) in [5.74, 6) is -3.84. The number of piperidine rings is 2. The molecule has 2 aromatic carbocycles. The second kappa shape index (κ2) is 12.7. The molecule has 0 spiro atoms. The lowest BCUT2D eigenvalue weighted by Gasteiger charge is -2.41. The molecule has 2 saturated heterocycles. The molecule has 0 aromatic heterocycles. The van der Waals surface area contributed by atoms with E-state index in [2.05, 4.69) is 14.5 Å². The summed E-state index contributed by atoms with van der Waals surface area (Å²) in [6, 6.07) is 11.8. The van der Waals surface area contributed by atoms with Crippen LogP contribution in [0, 0.1) is 6.92 Å². The lowest BCUT2D eigenvalue weighted by atomic mass is 9.99. The van der Waals surface area contributed by atoms with Crippen LogP contribution in [-0.2, 0) is 14.8 Å². The minimum Gasteiger partial charge on any atom is -0.478 e. The number of likely N-dealkylation sites (tertiary alicyclic amines) is 1. The molecule has 39 heavy (non-hydrogen) atoms. The van der Waals surface area contributed by atoms with Crippen molar-refractivity contribution in [1.29, 1.82) is 0 Å². The van der Waals surface area contributed by atoms with E-state index in [4.69, 9.17) is 9.90 Å². The molecule has 0 unspecified atom stereocenters. The van der Waals surface area contributed by atoms with Gasteiger partial charge in [-0.3, -0.25) is 4.72 Å². The first-order chi connectivity index (χ1) is 18.3. The Morgan fingerprint density at radius 3 is 2.00 bits per heavy atom. The number of carboxylic acid groups (broad SMARTS) is 2. The maximum absolute atomic E-state index is 13.0. The molecule has 2 fully saturated rings. The van der Waals surface area contributed by atoms with Crippen molar-refractivity contribution < 1.29 is 41.4 Å². The van der Waals surface area contributed by atoms with Crippen LogP contribution in [0.3, 0.4) is 0 Å². The first-order valence-corrected chi connectivity index (χ1v) is 14.0. The Morgan fingerprint density at radius 1 is 0.923 bits per heavy atom.